The summed E-state index contributed by atoms with van der Waals surface area (Å²) in [5.74, 6) is 0. The van der Waals surface area contributed by atoms with Gasteiger partial charge in [-0.2, -0.15) is 0 Å². The summed E-state index contributed by atoms with van der Waals surface area (Å²) in [4.78, 5) is 2.79. The van der Waals surface area contributed by atoms with E-state index in [1.807, 2.05) is 23.5 Å². The van der Waals surface area contributed by atoms with Crippen molar-refractivity contribution < 1.29 is 0 Å². The van der Waals surface area contributed by atoms with Crippen molar-refractivity contribution in [3.63, 3.8) is 0 Å². The molecule has 0 radical (unpaired) electrons. The molecular weight excluding hydrogens is 285 g/mol. The molecule has 4 heteroatoms. The minimum atomic E-state index is 0.335. The normalized spacial score (nSPS) is 17.6. The molecule has 18 heavy (non-hydrogen) atoms. The molecule has 1 unspecified atom stereocenters. The van der Waals surface area contributed by atoms with Crippen LogP contribution < -0.4 is 5.32 Å². The van der Waals surface area contributed by atoms with Crippen molar-refractivity contribution in [2.24, 2.45) is 0 Å². The number of hydrogen-bond acceptors (Lipinski definition) is 2. The molecule has 0 saturated heterocycles. The maximum atomic E-state index is 6.24. The van der Waals surface area contributed by atoms with Crippen LogP contribution in [0, 0.1) is 0 Å². The topological polar surface area (TPSA) is 12.0 Å². The van der Waals surface area contributed by atoms with Crippen LogP contribution >= 0.6 is 34.5 Å². The highest BCUT2D eigenvalue weighted by Gasteiger charge is 2.25. The van der Waals surface area contributed by atoms with E-state index in [1.54, 1.807) is 0 Å². The average Bonchev–Trinajstić information content (AvgIpc) is 2.93. The van der Waals surface area contributed by atoms with Gasteiger partial charge < -0.3 is 5.32 Å². The van der Waals surface area contributed by atoms with Crippen LogP contribution in [0.25, 0.3) is 0 Å². The summed E-state index contributed by atoms with van der Waals surface area (Å²) in [5, 5.41) is 4.96. The molecule has 0 spiro atoms. The van der Waals surface area contributed by atoms with Crippen LogP contribution in [0.4, 0.5) is 5.69 Å². The zero-order valence-corrected chi connectivity index (χ0v) is 12.3. The number of nitrogens with one attached hydrogen (secondary N) is 1. The van der Waals surface area contributed by atoms with Gasteiger partial charge in [0.2, 0.25) is 0 Å². The summed E-state index contributed by atoms with van der Waals surface area (Å²) in [7, 11) is 0. The number of thiophene rings is 1. The summed E-state index contributed by atoms with van der Waals surface area (Å²) in [6.07, 6.45) is 2.03. The van der Waals surface area contributed by atoms with E-state index >= 15 is 0 Å². The Balaban J connectivity index is 1.90. The molecule has 1 aliphatic rings. The van der Waals surface area contributed by atoms with Gasteiger partial charge in [-0.25, -0.2) is 0 Å². The second kappa shape index (κ2) is 4.76. The molecule has 0 aliphatic carbocycles. The lowest BCUT2D eigenvalue weighted by Crippen LogP contribution is -2.02. The molecule has 1 aliphatic heterocycles. The van der Waals surface area contributed by atoms with E-state index < -0.39 is 0 Å². The SMILES string of the molecule is CCc1ccc(C2Cc3c(Cl)cc(Cl)cc3N2)s1. The van der Waals surface area contributed by atoms with Gasteiger partial charge in [-0.1, -0.05) is 30.1 Å². The van der Waals surface area contributed by atoms with Crippen LogP contribution in [0.2, 0.25) is 10.0 Å². The zero-order valence-electron chi connectivity index (χ0n) is 9.97. The highest BCUT2D eigenvalue weighted by atomic mass is 35.5. The number of anilines is 1. The summed E-state index contributed by atoms with van der Waals surface area (Å²) in [6.45, 7) is 2.18. The van der Waals surface area contributed by atoms with Gasteiger partial charge in [0.15, 0.2) is 0 Å². The number of hydrogen-bond donors (Lipinski definition) is 1. The lowest BCUT2D eigenvalue weighted by atomic mass is 10.1. The van der Waals surface area contributed by atoms with Crippen molar-refractivity contribution in [2.45, 2.75) is 25.8 Å². The molecule has 0 fully saturated rings. The van der Waals surface area contributed by atoms with Crippen LogP contribution in [0.5, 0.6) is 0 Å². The fourth-order valence-electron chi connectivity index (χ4n) is 2.33. The van der Waals surface area contributed by atoms with Gasteiger partial charge in [0.25, 0.3) is 0 Å². The molecule has 1 aromatic carbocycles. The van der Waals surface area contributed by atoms with Crippen LogP contribution in [0.15, 0.2) is 24.3 Å². The smallest absolute Gasteiger partial charge is 0.0648 e. The molecule has 2 heterocycles. The molecular formula is C14H13Cl2NS. The fraction of sp³-hybridized carbons (Fsp3) is 0.286. The number of rotatable bonds is 2. The molecule has 1 nitrogen and oxygen atoms in total. The van der Waals surface area contributed by atoms with Gasteiger partial charge >= 0.3 is 0 Å². The van der Waals surface area contributed by atoms with Gasteiger partial charge in [0, 0.05) is 31.9 Å². The number of halogens is 2. The number of fused-ring (bicyclic) bond motifs is 1. The van der Waals surface area contributed by atoms with Gasteiger partial charge in [0.1, 0.15) is 0 Å². The standard InChI is InChI=1S/C14H13Cl2NS/c1-2-9-3-4-14(18-9)13-7-10-11(16)5-8(15)6-12(10)17-13/h3-6,13,17H,2,7H2,1H3. The quantitative estimate of drug-likeness (QED) is 0.790. The Morgan fingerprint density at radius 3 is 2.89 bits per heavy atom. The molecule has 1 N–H and O–H groups in total. The third kappa shape index (κ3) is 2.13. The highest BCUT2D eigenvalue weighted by Crippen LogP contribution is 2.41. The van der Waals surface area contributed by atoms with E-state index in [2.05, 4.69) is 24.4 Å². The number of benzene rings is 1. The minimum absolute atomic E-state index is 0.335. The van der Waals surface area contributed by atoms with Crippen molar-refractivity contribution in [1.82, 2.24) is 0 Å². The van der Waals surface area contributed by atoms with E-state index in [1.165, 1.54) is 15.3 Å². The van der Waals surface area contributed by atoms with Gasteiger partial charge in [-0.05, 0) is 36.2 Å². The zero-order chi connectivity index (χ0) is 12.7. The van der Waals surface area contributed by atoms with Crippen molar-refractivity contribution in [1.29, 1.82) is 0 Å². The first-order chi connectivity index (χ1) is 8.67. The van der Waals surface area contributed by atoms with Gasteiger partial charge in [0.05, 0.1) is 6.04 Å². The lowest BCUT2D eigenvalue weighted by Gasteiger charge is -2.08. The maximum Gasteiger partial charge on any atom is 0.0648 e. The van der Waals surface area contributed by atoms with E-state index in [-0.39, 0.29) is 0 Å². The van der Waals surface area contributed by atoms with Crippen LogP contribution in [-0.2, 0) is 12.8 Å². The third-order valence-corrected chi connectivity index (χ3v) is 5.17. The van der Waals surface area contributed by atoms with E-state index in [0.717, 1.165) is 23.6 Å². The molecule has 0 amide bonds. The van der Waals surface area contributed by atoms with Crippen LogP contribution in [0.3, 0.4) is 0 Å². The second-order valence-electron chi connectivity index (χ2n) is 4.47. The Morgan fingerprint density at radius 2 is 2.17 bits per heavy atom. The Kier molecular flexibility index (Phi) is 3.27. The molecule has 94 valence electrons. The molecule has 1 aromatic heterocycles. The van der Waals surface area contributed by atoms with Crippen LogP contribution in [-0.4, -0.2) is 0 Å². The molecule has 3 rings (SSSR count). The Bertz CT molecular complexity index is 591. The predicted octanol–water partition coefficient (Wildman–Crippen LogP) is 5.33. The summed E-state index contributed by atoms with van der Waals surface area (Å²) >= 11 is 14.1. The minimum Gasteiger partial charge on any atom is -0.377 e. The first-order valence-corrected chi connectivity index (χ1v) is 7.57. The Labute approximate surface area is 121 Å². The van der Waals surface area contributed by atoms with E-state index in [4.69, 9.17) is 23.2 Å². The molecule has 0 bridgehead atoms. The number of aryl methyl sites for hydroxylation is 1. The van der Waals surface area contributed by atoms with Crippen LogP contribution in [0.1, 0.15) is 28.3 Å². The van der Waals surface area contributed by atoms with Crippen molar-refractivity contribution in [3.05, 3.63) is 49.6 Å². The largest absolute Gasteiger partial charge is 0.377 e. The second-order valence-corrected chi connectivity index (χ2v) is 6.52. The van der Waals surface area contributed by atoms with Crippen molar-refractivity contribution in [3.8, 4) is 0 Å². The lowest BCUT2D eigenvalue weighted by molar-refractivity contribution is 0.843. The van der Waals surface area contributed by atoms with Gasteiger partial charge in [-0.15, -0.1) is 11.3 Å². The Morgan fingerprint density at radius 1 is 1.33 bits per heavy atom. The van der Waals surface area contributed by atoms with Crippen molar-refractivity contribution in [2.75, 3.05) is 5.32 Å². The van der Waals surface area contributed by atoms with E-state index in [0.29, 0.717) is 11.1 Å². The average molecular weight is 298 g/mol. The molecule has 1 atom stereocenters. The monoisotopic (exact) mass is 297 g/mol. The fourth-order valence-corrected chi connectivity index (χ4v) is 3.90. The Hall–Kier alpha value is -0.700. The summed E-state index contributed by atoms with van der Waals surface area (Å²) in [6, 6.07) is 8.53. The maximum absolute atomic E-state index is 6.24. The van der Waals surface area contributed by atoms with Gasteiger partial charge in [-0.3, -0.25) is 0 Å². The van der Waals surface area contributed by atoms with Crippen molar-refractivity contribution >= 4 is 40.2 Å². The molecule has 0 saturated carbocycles. The summed E-state index contributed by atoms with van der Waals surface area (Å²) in [5.41, 5.74) is 2.25. The predicted molar refractivity (Wildman–Crippen MR) is 80.2 cm³/mol. The first-order valence-electron chi connectivity index (χ1n) is 6.00. The first kappa shape index (κ1) is 12.3. The summed E-state index contributed by atoms with van der Waals surface area (Å²) < 4.78 is 0. The molecule has 2 aromatic rings. The third-order valence-electron chi connectivity index (χ3n) is 3.27. The highest BCUT2D eigenvalue weighted by molar-refractivity contribution is 7.12. The van der Waals surface area contributed by atoms with E-state index in [9.17, 15) is 0 Å².